The first-order valence-corrected chi connectivity index (χ1v) is 3.24. The second-order valence-electron chi connectivity index (χ2n) is 1.97. The van der Waals surface area contributed by atoms with Crippen LogP contribution in [0.15, 0.2) is 18.2 Å². The first-order valence-electron chi connectivity index (χ1n) is 3.24. The van der Waals surface area contributed by atoms with E-state index in [1.54, 1.807) is 0 Å². The van der Waals surface area contributed by atoms with Gasteiger partial charge in [-0.25, -0.2) is 0 Å². The van der Waals surface area contributed by atoms with Gasteiger partial charge in [-0.05, 0) is 18.2 Å². The molecular weight excluding hydrogens is 124 g/mol. The summed E-state index contributed by atoms with van der Waals surface area (Å²) in [7, 11) is 3.79. The Labute approximate surface area is 61.3 Å². The lowest BCUT2D eigenvalue weighted by atomic mass is 10.3. The summed E-state index contributed by atoms with van der Waals surface area (Å²) in [6.07, 6.45) is 0. The van der Waals surface area contributed by atoms with E-state index in [2.05, 4.69) is 16.7 Å². The van der Waals surface area contributed by atoms with Gasteiger partial charge in [-0.3, -0.25) is 0 Å². The highest BCUT2D eigenvalue weighted by molar-refractivity contribution is 5.67. The van der Waals surface area contributed by atoms with Gasteiger partial charge in [0.2, 0.25) is 0 Å². The number of benzene rings is 1. The molecule has 0 spiro atoms. The van der Waals surface area contributed by atoms with Gasteiger partial charge < -0.3 is 10.6 Å². The number of nitrogens with one attached hydrogen (secondary N) is 2. The molecule has 0 aliphatic heterocycles. The topological polar surface area (TPSA) is 24.1 Å². The quantitative estimate of drug-likeness (QED) is 0.643. The molecule has 2 heteroatoms. The fourth-order valence-electron chi connectivity index (χ4n) is 0.855. The van der Waals surface area contributed by atoms with Gasteiger partial charge in [0.25, 0.3) is 0 Å². The predicted molar refractivity (Wildman–Crippen MR) is 44.4 cm³/mol. The molecule has 0 heterocycles. The minimum Gasteiger partial charge on any atom is -0.386 e. The Bertz CT molecular complexity index is 185. The van der Waals surface area contributed by atoms with Crippen LogP contribution in [0.25, 0.3) is 0 Å². The molecule has 0 amide bonds. The van der Waals surface area contributed by atoms with Gasteiger partial charge in [0.15, 0.2) is 0 Å². The standard InChI is InChI=1S/C8H11N2/c1-9-7-5-3-4-6-8(7)10-2/h3,5-6,9-10H,1-2H3. The van der Waals surface area contributed by atoms with Crippen molar-refractivity contribution in [3.63, 3.8) is 0 Å². The average molecular weight is 135 g/mol. The van der Waals surface area contributed by atoms with Gasteiger partial charge in [0.1, 0.15) is 0 Å². The van der Waals surface area contributed by atoms with Crippen molar-refractivity contribution in [2.75, 3.05) is 24.7 Å². The van der Waals surface area contributed by atoms with Gasteiger partial charge in [0.05, 0.1) is 11.4 Å². The molecule has 0 atom stereocenters. The molecule has 53 valence electrons. The van der Waals surface area contributed by atoms with Crippen LogP contribution in [-0.2, 0) is 0 Å². The van der Waals surface area contributed by atoms with E-state index in [0.29, 0.717) is 0 Å². The molecule has 0 saturated carbocycles. The predicted octanol–water partition coefficient (Wildman–Crippen LogP) is 1.57. The highest BCUT2D eigenvalue weighted by atomic mass is 14.9. The summed E-state index contributed by atoms with van der Waals surface area (Å²) in [6, 6.07) is 8.75. The molecule has 0 bridgehead atoms. The van der Waals surface area contributed by atoms with Gasteiger partial charge >= 0.3 is 0 Å². The minimum atomic E-state index is 1.07. The molecule has 1 aromatic carbocycles. The van der Waals surface area contributed by atoms with Crippen molar-refractivity contribution in [2.24, 2.45) is 0 Å². The Morgan fingerprint density at radius 1 is 1.20 bits per heavy atom. The van der Waals surface area contributed by atoms with Gasteiger partial charge in [-0.1, -0.05) is 6.07 Å². The van der Waals surface area contributed by atoms with E-state index >= 15 is 0 Å². The van der Waals surface area contributed by atoms with E-state index in [-0.39, 0.29) is 0 Å². The van der Waals surface area contributed by atoms with Crippen LogP contribution in [0, 0.1) is 6.07 Å². The van der Waals surface area contributed by atoms with Crippen LogP contribution >= 0.6 is 0 Å². The summed E-state index contributed by atoms with van der Waals surface area (Å²) in [5, 5.41) is 6.12. The maximum atomic E-state index is 3.06. The summed E-state index contributed by atoms with van der Waals surface area (Å²) in [6.45, 7) is 0. The number of anilines is 2. The fourth-order valence-corrected chi connectivity index (χ4v) is 0.855. The smallest absolute Gasteiger partial charge is 0.0579 e. The monoisotopic (exact) mass is 135 g/mol. The Morgan fingerprint density at radius 3 is 2.40 bits per heavy atom. The summed E-state index contributed by atoms with van der Waals surface area (Å²) < 4.78 is 0. The SMILES string of the molecule is CNc1c[c]ccc1NC. The molecule has 0 saturated heterocycles. The van der Waals surface area contributed by atoms with Gasteiger partial charge in [-0.2, -0.15) is 0 Å². The zero-order valence-electron chi connectivity index (χ0n) is 6.23. The third-order valence-corrected chi connectivity index (χ3v) is 1.40. The van der Waals surface area contributed by atoms with Crippen LogP contribution in [0.3, 0.4) is 0 Å². The van der Waals surface area contributed by atoms with Crippen molar-refractivity contribution >= 4 is 11.4 Å². The van der Waals surface area contributed by atoms with E-state index in [4.69, 9.17) is 0 Å². The molecule has 1 aromatic rings. The van der Waals surface area contributed by atoms with Crippen molar-refractivity contribution in [3.05, 3.63) is 24.3 Å². The maximum absolute atomic E-state index is 3.06. The molecule has 0 fully saturated rings. The minimum absolute atomic E-state index is 1.07. The zero-order chi connectivity index (χ0) is 7.40. The highest BCUT2D eigenvalue weighted by Gasteiger charge is 1.93. The molecular formula is C8H11N2. The van der Waals surface area contributed by atoms with E-state index in [1.807, 2.05) is 32.3 Å². The molecule has 1 rings (SSSR count). The third kappa shape index (κ3) is 1.21. The largest absolute Gasteiger partial charge is 0.386 e. The molecule has 0 aromatic heterocycles. The number of hydrogen-bond acceptors (Lipinski definition) is 2. The van der Waals surface area contributed by atoms with Crippen molar-refractivity contribution in [1.29, 1.82) is 0 Å². The summed E-state index contributed by atoms with van der Waals surface area (Å²) in [5.41, 5.74) is 2.17. The molecule has 0 aliphatic carbocycles. The first-order chi connectivity index (χ1) is 4.88. The van der Waals surface area contributed by atoms with E-state index in [1.165, 1.54) is 0 Å². The highest BCUT2D eigenvalue weighted by Crippen LogP contribution is 2.18. The van der Waals surface area contributed by atoms with Crippen molar-refractivity contribution in [3.8, 4) is 0 Å². The Balaban J connectivity index is 2.96. The van der Waals surface area contributed by atoms with E-state index in [9.17, 15) is 0 Å². The Kier molecular flexibility index (Phi) is 2.15. The zero-order valence-corrected chi connectivity index (χ0v) is 6.23. The molecule has 0 aliphatic rings. The van der Waals surface area contributed by atoms with Crippen molar-refractivity contribution < 1.29 is 0 Å². The molecule has 1 radical (unpaired) electrons. The summed E-state index contributed by atoms with van der Waals surface area (Å²) >= 11 is 0. The van der Waals surface area contributed by atoms with Crippen LogP contribution in [-0.4, -0.2) is 14.1 Å². The molecule has 10 heavy (non-hydrogen) atoms. The Hall–Kier alpha value is -1.18. The lowest BCUT2D eigenvalue weighted by Gasteiger charge is -2.06. The van der Waals surface area contributed by atoms with Crippen LogP contribution in [0.5, 0.6) is 0 Å². The van der Waals surface area contributed by atoms with Gasteiger partial charge in [-0.15, -0.1) is 0 Å². The maximum Gasteiger partial charge on any atom is 0.0579 e. The first kappa shape index (κ1) is 6.93. The van der Waals surface area contributed by atoms with Crippen LogP contribution in [0.1, 0.15) is 0 Å². The summed E-state index contributed by atoms with van der Waals surface area (Å²) in [5.74, 6) is 0. The van der Waals surface area contributed by atoms with Crippen molar-refractivity contribution in [2.45, 2.75) is 0 Å². The number of hydrogen-bond donors (Lipinski definition) is 2. The molecule has 0 unspecified atom stereocenters. The molecule has 2 N–H and O–H groups in total. The summed E-state index contributed by atoms with van der Waals surface area (Å²) in [4.78, 5) is 0. The second kappa shape index (κ2) is 3.11. The van der Waals surface area contributed by atoms with Crippen molar-refractivity contribution in [1.82, 2.24) is 0 Å². The third-order valence-electron chi connectivity index (χ3n) is 1.40. The van der Waals surface area contributed by atoms with Crippen LogP contribution in [0.4, 0.5) is 11.4 Å². The van der Waals surface area contributed by atoms with E-state index in [0.717, 1.165) is 11.4 Å². The van der Waals surface area contributed by atoms with Crippen LogP contribution < -0.4 is 10.6 Å². The lowest BCUT2D eigenvalue weighted by Crippen LogP contribution is -1.95. The lowest BCUT2D eigenvalue weighted by molar-refractivity contribution is 1.45. The molecule has 2 nitrogen and oxygen atoms in total. The number of rotatable bonds is 2. The normalized spacial score (nSPS) is 9.00. The average Bonchev–Trinajstić information content (AvgIpc) is 2.04. The second-order valence-corrected chi connectivity index (χ2v) is 1.97. The van der Waals surface area contributed by atoms with Crippen LogP contribution in [0.2, 0.25) is 0 Å². The van der Waals surface area contributed by atoms with Gasteiger partial charge in [0, 0.05) is 14.1 Å². The fraction of sp³-hybridized carbons (Fsp3) is 0.250. The Morgan fingerprint density at radius 2 is 1.90 bits per heavy atom. The van der Waals surface area contributed by atoms with E-state index < -0.39 is 0 Å².